The molecule has 3 fully saturated rings. The summed E-state index contributed by atoms with van der Waals surface area (Å²) in [5, 5.41) is 3.37. The Morgan fingerprint density at radius 1 is 0.974 bits per heavy atom. The minimum Gasteiger partial charge on any atom is -0.497 e. The summed E-state index contributed by atoms with van der Waals surface area (Å²) in [5.74, 6) is 1.21. The van der Waals surface area contributed by atoms with E-state index in [1.165, 1.54) is 19.3 Å². The first-order valence-electron chi connectivity index (χ1n) is 14.6. The number of carbonyl (C=O) groups is 2. The number of hydrogen-bond acceptors (Lipinski definition) is 4. The van der Waals surface area contributed by atoms with Crippen LogP contribution in [-0.4, -0.2) is 60.9 Å². The van der Waals surface area contributed by atoms with Crippen molar-refractivity contribution in [2.75, 3.05) is 33.3 Å². The molecular weight excluding hydrogens is 474 g/mol. The highest BCUT2D eigenvalue weighted by Crippen LogP contribution is 2.42. The normalized spacial score (nSPS) is 21.0. The Balaban J connectivity index is 1.14. The van der Waals surface area contributed by atoms with Gasteiger partial charge in [-0.3, -0.25) is 9.59 Å². The Hall–Kier alpha value is -2.86. The second kappa shape index (κ2) is 12.3. The largest absolute Gasteiger partial charge is 0.497 e. The van der Waals surface area contributed by atoms with Gasteiger partial charge in [0.05, 0.1) is 18.4 Å². The molecule has 1 saturated carbocycles. The van der Waals surface area contributed by atoms with E-state index in [4.69, 9.17) is 4.74 Å². The summed E-state index contributed by atoms with van der Waals surface area (Å²) in [6.07, 6.45) is 9.51. The van der Waals surface area contributed by atoms with Crippen molar-refractivity contribution in [3.63, 3.8) is 0 Å². The average Bonchev–Trinajstić information content (AvgIpc) is 3.25. The number of carbonyl (C=O) groups excluding carboxylic acids is 2. The molecule has 2 aliphatic heterocycles. The van der Waals surface area contributed by atoms with Gasteiger partial charge in [0.1, 0.15) is 5.75 Å². The Kier molecular flexibility index (Phi) is 8.68. The lowest BCUT2D eigenvalue weighted by molar-refractivity contribution is -0.138. The quantitative estimate of drug-likeness (QED) is 0.501. The lowest BCUT2D eigenvalue weighted by atomic mass is 9.77. The topological polar surface area (TPSA) is 61.9 Å². The standard InChI is InChI=1S/C32H43N3O3/c1-38-28-14-12-25(13-15-28)24-35-23-19-32(31(35)37)17-21-34(22-18-32)20-16-29(26-8-4-2-5-9-26)30(36)33-27-10-6-3-7-11-27/h2,4-5,8-9,12-15,27,29H,3,6-7,10-11,16-24H2,1H3,(H,33,36). The van der Waals surface area contributed by atoms with Gasteiger partial charge < -0.3 is 19.9 Å². The van der Waals surface area contributed by atoms with Gasteiger partial charge in [-0.25, -0.2) is 0 Å². The zero-order valence-electron chi connectivity index (χ0n) is 22.9. The monoisotopic (exact) mass is 517 g/mol. The maximum Gasteiger partial charge on any atom is 0.229 e. The van der Waals surface area contributed by atoms with E-state index in [9.17, 15) is 9.59 Å². The van der Waals surface area contributed by atoms with Crippen LogP contribution in [0.2, 0.25) is 0 Å². The average molecular weight is 518 g/mol. The van der Waals surface area contributed by atoms with Crippen LogP contribution in [0.25, 0.3) is 0 Å². The molecule has 3 aliphatic rings. The van der Waals surface area contributed by atoms with Crippen LogP contribution < -0.4 is 10.1 Å². The van der Waals surface area contributed by atoms with Crippen molar-refractivity contribution in [1.82, 2.24) is 15.1 Å². The first-order valence-corrected chi connectivity index (χ1v) is 14.6. The van der Waals surface area contributed by atoms with E-state index in [0.717, 1.165) is 81.6 Å². The molecule has 5 rings (SSSR count). The smallest absolute Gasteiger partial charge is 0.229 e. The third-order valence-electron chi connectivity index (χ3n) is 9.15. The molecule has 2 heterocycles. The van der Waals surface area contributed by atoms with Crippen molar-refractivity contribution < 1.29 is 14.3 Å². The third kappa shape index (κ3) is 6.23. The molecule has 6 heteroatoms. The van der Waals surface area contributed by atoms with Gasteiger partial charge in [0.15, 0.2) is 0 Å². The van der Waals surface area contributed by atoms with E-state index >= 15 is 0 Å². The van der Waals surface area contributed by atoms with E-state index in [1.807, 2.05) is 47.4 Å². The molecule has 0 bridgehead atoms. The van der Waals surface area contributed by atoms with Crippen molar-refractivity contribution in [3.05, 3.63) is 65.7 Å². The van der Waals surface area contributed by atoms with Gasteiger partial charge in [-0.2, -0.15) is 0 Å². The number of ether oxygens (including phenoxy) is 1. The highest BCUT2D eigenvalue weighted by atomic mass is 16.5. The first-order chi connectivity index (χ1) is 18.6. The van der Waals surface area contributed by atoms with E-state index < -0.39 is 0 Å². The lowest BCUT2D eigenvalue weighted by Gasteiger charge is -2.38. The molecule has 1 aliphatic carbocycles. The molecule has 2 aromatic rings. The number of benzene rings is 2. The fraction of sp³-hybridized carbons (Fsp3) is 0.562. The molecule has 1 N–H and O–H groups in total. The zero-order chi connectivity index (χ0) is 26.4. The van der Waals surface area contributed by atoms with Crippen molar-refractivity contribution in [3.8, 4) is 5.75 Å². The number of nitrogens with zero attached hydrogens (tertiary/aromatic N) is 2. The zero-order valence-corrected chi connectivity index (χ0v) is 22.9. The van der Waals surface area contributed by atoms with Crippen LogP contribution in [0.15, 0.2) is 54.6 Å². The Morgan fingerprint density at radius 2 is 1.66 bits per heavy atom. The summed E-state index contributed by atoms with van der Waals surface area (Å²) in [4.78, 5) is 31.3. The maximum atomic E-state index is 13.5. The summed E-state index contributed by atoms with van der Waals surface area (Å²) in [6, 6.07) is 18.6. The highest BCUT2D eigenvalue weighted by Gasteiger charge is 2.47. The number of hydrogen-bond donors (Lipinski definition) is 1. The summed E-state index contributed by atoms with van der Waals surface area (Å²) < 4.78 is 5.26. The molecule has 2 aromatic carbocycles. The highest BCUT2D eigenvalue weighted by molar-refractivity contribution is 5.85. The molecular formula is C32H43N3O3. The second-order valence-electron chi connectivity index (χ2n) is 11.5. The van der Waals surface area contributed by atoms with E-state index in [1.54, 1.807) is 7.11 Å². The predicted molar refractivity (Wildman–Crippen MR) is 150 cm³/mol. The molecule has 1 spiro atoms. The van der Waals surface area contributed by atoms with Crippen molar-refractivity contribution in [2.24, 2.45) is 5.41 Å². The van der Waals surface area contributed by atoms with Crippen LogP contribution in [-0.2, 0) is 16.1 Å². The molecule has 1 atom stereocenters. The minimum atomic E-state index is -0.208. The van der Waals surface area contributed by atoms with E-state index in [-0.39, 0.29) is 17.2 Å². The van der Waals surface area contributed by atoms with Crippen molar-refractivity contribution in [1.29, 1.82) is 0 Å². The molecule has 2 saturated heterocycles. The van der Waals surface area contributed by atoms with Gasteiger partial charge in [0, 0.05) is 19.1 Å². The number of rotatable bonds is 9. The maximum absolute atomic E-state index is 13.5. The van der Waals surface area contributed by atoms with Gasteiger partial charge in [0.2, 0.25) is 11.8 Å². The van der Waals surface area contributed by atoms with E-state index in [2.05, 4.69) is 22.3 Å². The van der Waals surface area contributed by atoms with Crippen LogP contribution in [0.3, 0.4) is 0 Å². The number of amides is 2. The van der Waals surface area contributed by atoms with Gasteiger partial charge >= 0.3 is 0 Å². The number of nitrogens with one attached hydrogen (secondary N) is 1. The molecule has 204 valence electrons. The molecule has 2 amide bonds. The van der Waals surface area contributed by atoms with Crippen molar-refractivity contribution in [2.45, 2.75) is 76.3 Å². The summed E-state index contributed by atoms with van der Waals surface area (Å²) in [6.45, 7) is 4.24. The molecule has 0 aromatic heterocycles. The number of methoxy groups -OCH3 is 1. The van der Waals surface area contributed by atoms with Crippen LogP contribution >= 0.6 is 0 Å². The van der Waals surface area contributed by atoms with Gasteiger partial charge in [-0.15, -0.1) is 0 Å². The summed E-state index contributed by atoms with van der Waals surface area (Å²) >= 11 is 0. The van der Waals surface area contributed by atoms with Gasteiger partial charge in [-0.05, 0) is 81.4 Å². The number of piperidine rings is 1. The van der Waals surface area contributed by atoms with Crippen LogP contribution in [0.4, 0.5) is 0 Å². The molecule has 6 nitrogen and oxygen atoms in total. The SMILES string of the molecule is COc1ccc(CN2CCC3(CCN(CCC(C(=O)NC4CCCCC4)c4ccccc4)CC3)C2=O)cc1. The molecule has 0 radical (unpaired) electrons. The first kappa shape index (κ1) is 26.7. The Morgan fingerprint density at radius 3 is 2.34 bits per heavy atom. The Bertz CT molecular complexity index is 1060. The number of likely N-dealkylation sites (tertiary alicyclic amines) is 2. The fourth-order valence-corrected chi connectivity index (χ4v) is 6.66. The van der Waals surface area contributed by atoms with Gasteiger partial charge in [-0.1, -0.05) is 61.7 Å². The molecule has 38 heavy (non-hydrogen) atoms. The second-order valence-corrected chi connectivity index (χ2v) is 11.5. The third-order valence-corrected chi connectivity index (χ3v) is 9.15. The van der Waals surface area contributed by atoms with Crippen LogP contribution in [0, 0.1) is 5.41 Å². The predicted octanol–water partition coefficient (Wildman–Crippen LogP) is 5.13. The van der Waals surface area contributed by atoms with E-state index in [0.29, 0.717) is 18.5 Å². The van der Waals surface area contributed by atoms with Crippen LogP contribution in [0.1, 0.15) is 74.8 Å². The molecule has 1 unspecified atom stereocenters. The van der Waals surface area contributed by atoms with Gasteiger partial charge in [0.25, 0.3) is 0 Å². The lowest BCUT2D eigenvalue weighted by Crippen LogP contribution is -2.45. The summed E-state index contributed by atoms with van der Waals surface area (Å²) in [7, 11) is 1.67. The van der Waals surface area contributed by atoms with Crippen LogP contribution in [0.5, 0.6) is 5.75 Å². The van der Waals surface area contributed by atoms with Crippen molar-refractivity contribution >= 4 is 11.8 Å². The fourth-order valence-electron chi connectivity index (χ4n) is 6.66. The Labute approximate surface area is 227 Å². The minimum absolute atomic E-state index is 0.123. The summed E-state index contributed by atoms with van der Waals surface area (Å²) in [5.41, 5.74) is 2.04.